The summed E-state index contributed by atoms with van der Waals surface area (Å²) in [4.78, 5) is 0.121. The normalized spacial score (nSPS) is 11.2. The van der Waals surface area contributed by atoms with E-state index in [9.17, 15) is 8.42 Å². The summed E-state index contributed by atoms with van der Waals surface area (Å²) >= 11 is 11.1. The van der Waals surface area contributed by atoms with Crippen LogP contribution in [0.2, 0.25) is 5.02 Å². The van der Waals surface area contributed by atoms with Crippen LogP contribution in [0.15, 0.2) is 47.4 Å². The predicted octanol–water partition coefficient (Wildman–Crippen LogP) is 4.14. The molecule has 2 rings (SSSR count). The van der Waals surface area contributed by atoms with Crippen molar-refractivity contribution in [3.05, 3.63) is 53.1 Å². The Labute approximate surface area is 158 Å². The smallest absolute Gasteiger partial charge is 0.263 e. The molecule has 3 N–H and O–H groups in total. The highest BCUT2D eigenvalue weighted by atomic mass is 35.5. The second kappa shape index (κ2) is 8.03. The van der Waals surface area contributed by atoms with Gasteiger partial charge < -0.3 is 10.6 Å². The molecule has 0 aliphatic rings. The maximum absolute atomic E-state index is 12.8. The van der Waals surface area contributed by atoms with Crippen LogP contribution < -0.4 is 15.4 Å². The lowest BCUT2D eigenvalue weighted by Gasteiger charge is -2.17. The lowest BCUT2D eigenvalue weighted by atomic mass is 10.2. The molecule has 0 aromatic heterocycles. The van der Waals surface area contributed by atoms with E-state index in [-0.39, 0.29) is 10.9 Å². The molecule has 0 fully saturated rings. The second-order valence-corrected chi connectivity index (χ2v) is 8.36. The summed E-state index contributed by atoms with van der Waals surface area (Å²) in [6, 6.07) is 11.7. The lowest BCUT2D eigenvalue weighted by molar-refractivity contribution is 0.601. The molecule has 0 saturated carbocycles. The van der Waals surface area contributed by atoms with Gasteiger partial charge in [-0.25, -0.2) is 8.42 Å². The van der Waals surface area contributed by atoms with Gasteiger partial charge in [0.2, 0.25) is 0 Å². The van der Waals surface area contributed by atoms with E-state index in [1.165, 1.54) is 0 Å². The number of hydrogen-bond acceptors (Lipinski definition) is 3. The highest BCUT2D eigenvalue weighted by Gasteiger charge is 2.20. The minimum Gasteiger partial charge on any atom is -0.360 e. The van der Waals surface area contributed by atoms with Gasteiger partial charge in [-0.1, -0.05) is 17.7 Å². The Kier molecular flexibility index (Phi) is 6.26. The summed E-state index contributed by atoms with van der Waals surface area (Å²) in [6.45, 7) is 5.72. The van der Waals surface area contributed by atoms with Gasteiger partial charge in [-0.05, 0) is 75.0 Å². The quantitative estimate of drug-likeness (QED) is 0.661. The summed E-state index contributed by atoms with van der Waals surface area (Å²) in [5, 5.41) is 6.88. The van der Waals surface area contributed by atoms with Crippen LogP contribution in [0.5, 0.6) is 0 Å². The predicted molar refractivity (Wildman–Crippen MR) is 108 cm³/mol. The zero-order valence-electron chi connectivity index (χ0n) is 14.1. The summed E-state index contributed by atoms with van der Waals surface area (Å²) in [5.74, 6) is 0. The van der Waals surface area contributed by atoms with E-state index in [0.29, 0.717) is 21.5 Å². The molecule has 25 heavy (non-hydrogen) atoms. The van der Waals surface area contributed by atoms with E-state index in [2.05, 4.69) is 15.4 Å². The number of benzene rings is 2. The molecule has 2 aromatic rings. The average molecular weight is 398 g/mol. The monoisotopic (exact) mass is 397 g/mol. The number of halogens is 1. The minimum atomic E-state index is -3.80. The van der Waals surface area contributed by atoms with E-state index in [1.54, 1.807) is 36.4 Å². The molecule has 0 heterocycles. The van der Waals surface area contributed by atoms with E-state index in [4.69, 9.17) is 23.8 Å². The van der Waals surface area contributed by atoms with Crippen molar-refractivity contribution < 1.29 is 8.42 Å². The van der Waals surface area contributed by atoms with Crippen LogP contribution in [-0.2, 0) is 10.0 Å². The van der Waals surface area contributed by atoms with Crippen molar-refractivity contribution in [2.45, 2.75) is 31.7 Å². The number of thiocarbonyl (C=S) groups is 1. The molecule has 5 nitrogen and oxygen atoms in total. The Morgan fingerprint density at radius 2 is 1.76 bits per heavy atom. The molecule has 0 unspecified atom stereocenters. The molecule has 8 heteroatoms. The van der Waals surface area contributed by atoms with Gasteiger partial charge in [0.15, 0.2) is 5.11 Å². The molecule has 0 radical (unpaired) electrons. The maximum atomic E-state index is 12.8. The zero-order chi connectivity index (χ0) is 18.6. The Balaban J connectivity index is 2.33. The van der Waals surface area contributed by atoms with Gasteiger partial charge in [-0.3, -0.25) is 4.72 Å². The van der Waals surface area contributed by atoms with E-state index in [1.807, 2.05) is 26.8 Å². The first kappa shape index (κ1) is 19.5. The van der Waals surface area contributed by atoms with Gasteiger partial charge in [-0.15, -0.1) is 0 Å². The maximum Gasteiger partial charge on any atom is 0.263 e. The average Bonchev–Trinajstić information content (AvgIpc) is 2.50. The van der Waals surface area contributed by atoms with Crippen molar-refractivity contribution in [3.8, 4) is 0 Å². The van der Waals surface area contributed by atoms with Gasteiger partial charge in [0, 0.05) is 16.8 Å². The third-order valence-corrected chi connectivity index (χ3v) is 5.08. The number of rotatable bonds is 5. The number of sulfonamides is 1. The summed E-state index contributed by atoms with van der Waals surface area (Å²) in [6.07, 6.45) is 0. The van der Waals surface area contributed by atoms with Crippen molar-refractivity contribution in [3.63, 3.8) is 0 Å². The first-order valence-electron chi connectivity index (χ1n) is 7.64. The van der Waals surface area contributed by atoms with E-state index < -0.39 is 10.0 Å². The first-order chi connectivity index (χ1) is 11.7. The molecule has 0 amide bonds. The van der Waals surface area contributed by atoms with Crippen LogP contribution in [-0.4, -0.2) is 19.6 Å². The van der Waals surface area contributed by atoms with Crippen molar-refractivity contribution in [1.82, 2.24) is 5.32 Å². The number of anilines is 2. The molecular weight excluding hydrogens is 378 g/mol. The topological polar surface area (TPSA) is 70.2 Å². The van der Waals surface area contributed by atoms with E-state index in [0.717, 1.165) is 5.56 Å². The van der Waals surface area contributed by atoms with Crippen molar-refractivity contribution >= 4 is 50.3 Å². The standard InChI is InChI=1S/C17H20ClN3O2S2/c1-11(2)19-17(24)20-15-9-4-12(3)10-16(15)25(22,23)21-14-7-5-13(18)6-8-14/h4-11,21H,1-3H3,(H2,19,20,24). The van der Waals surface area contributed by atoms with Crippen LogP contribution in [0.3, 0.4) is 0 Å². The van der Waals surface area contributed by atoms with Gasteiger partial charge in [-0.2, -0.15) is 0 Å². The van der Waals surface area contributed by atoms with Crippen molar-refractivity contribution in [2.24, 2.45) is 0 Å². The molecule has 0 atom stereocenters. The van der Waals surface area contributed by atoms with Gasteiger partial charge in [0.05, 0.1) is 5.69 Å². The van der Waals surface area contributed by atoms with Gasteiger partial charge in [0.25, 0.3) is 10.0 Å². The van der Waals surface area contributed by atoms with Gasteiger partial charge >= 0.3 is 0 Å². The van der Waals surface area contributed by atoms with E-state index >= 15 is 0 Å². The fourth-order valence-corrected chi connectivity index (χ4v) is 3.88. The second-order valence-electron chi connectivity index (χ2n) is 5.87. The van der Waals surface area contributed by atoms with Gasteiger partial charge in [0.1, 0.15) is 4.90 Å². The number of hydrogen-bond donors (Lipinski definition) is 3. The third-order valence-electron chi connectivity index (χ3n) is 3.19. The highest BCUT2D eigenvalue weighted by molar-refractivity contribution is 7.93. The fourth-order valence-electron chi connectivity index (χ4n) is 2.10. The first-order valence-corrected chi connectivity index (χ1v) is 9.91. The Hall–Kier alpha value is -1.83. The molecule has 2 aromatic carbocycles. The zero-order valence-corrected chi connectivity index (χ0v) is 16.5. The molecule has 0 bridgehead atoms. The number of aryl methyl sites for hydroxylation is 1. The van der Waals surface area contributed by atoms with Crippen LogP contribution in [0.1, 0.15) is 19.4 Å². The highest BCUT2D eigenvalue weighted by Crippen LogP contribution is 2.25. The largest absolute Gasteiger partial charge is 0.360 e. The molecule has 0 spiro atoms. The van der Waals surface area contributed by atoms with Crippen LogP contribution >= 0.6 is 23.8 Å². The Morgan fingerprint density at radius 1 is 1.12 bits per heavy atom. The van der Waals surface area contributed by atoms with Crippen molar-refractivity contribution in [1.29, 1.82) is 0 Å². The van der Waals surface area contributed by atoms with Crippen molar-refractivity contribution in [2.75, 3.05) is 10.0 Å². The third kappa shape index (κ3) is 5.59. The molecule has 0 aliphatic heterocycles. The van der Waals surface area contributed by atoms with Crippen LogP contribution in [0.25, 0.3) is 0 Å². The SMILES string of the molecule is Cc1ccc(NC(=S)NC(C)C)c(S(=O)(=O)Nc2ccc(Cl)cc2)c1. The van der Waals surface area contributed by atoms with Crippen LogP contribution in [0.4, 0.5) is 11.4 Å². The van der Waals surface area contributed by atoms with Crippen LogP contribution in [0, 0.1) is 6.92 Å². The minimum absolute atomic E-state index is 0.121. The molecular formula is C17H20ClN3O2S2. The summed E-state index contributed by atoms with van der Waals surface area (Å²) in [7, 11) is -3.80. The molecule has 134 valence electrons. The summed E-state index contributed by atoms with van der Waals surface area (Å²) < 4.78 is 28.2. The fraction of sp³-hybridized carbons (Fsp3) is 0.235. The summed E-state index contributed by atoms with van der Waals surface area (Å²) in [5.41, 5.74) is 1.66. The number of nitrogens with one attached hydrogen (secondary N) is 3. The Bertz CT molecular complexity index is 866. The Morgan fingerprint density at radius 3 is 2.36 bits per heavy atom. The molecule has 0 aliphatic carbocycles. The lowest BCUT2D eigenvalue weighted by Crippen LogP contribution is -2.34. The molecule has 0 saturated heterocycles.